The number of nitrogens with zero attached hydrogens (tertiary/aromatic N) is 2. The second kappa shape index (κ2) is 4.74. The number of nitrogen functional groups attached to an aromatic ring is 1. The van der Waals surface area contributed by atoms with Gasteiger partial charge in [-0.2, -0.15) is 5.10 Å². The van der Waals surface area contributed by atoms with Gasteiger partial charge in [-0.25, -0.2) is 0 Å². The van der Waals surface area contributed by atoms with E-state index in [1.807, 2.05) is 0 Å². The van der Waals surface area contributed by atoms with Gasteiger partial charge in [-0.3, -0.25) is 15.2 Å². The predicted octanol–water partition coefficient (Wildman–Crippen LogP) is 1.82. The molecule has 0 radical (unpaired) electrons. The average molecular weight is 247 g/mol. The zero-order valence-corrected chi connectivity index (χ0v) is 9.80. The molecule has 0 bridgehead atoms. The van der Waals surface area contributed by atoms with Crippen molar-refractivity contribution < 1.29 is 4.92 Å². The normalized spacial score (nSPS) is 10.3. The van der Waals surface area contributed by atoms with Crippen molar-refractivity contribution >= 4 is 17.2 Å². The van der Waals surface area contributed by atoms with Crippen LogP contribution in [0.25, 0.3) is 0 Å². The number of hydrogen-bond donors (Lipinski definition) is 3. The lowest BCUT2D eigenvalue weighted by molar-refractivity contribution is -0.385. The lowest BCUT2D eigenvalue weighted by atomic mass is 10.2. The first-order chi connectivity index (χ1) is 8.58. The van der Waals surface area contributed by atoms with Crippen LogP contribution in [0.15, 0.2) is 24.4 Å². The van der Waals surface area contributed by atoms with Gasteiger partial charge in [-0.1, -0.05) is 0 Å². The van der Waals surface area contributed by atoms with Gasteiger partial charge in [0.25, 0.3) is 5.69 Å². The van der Waals surface area contributed by atoms with Crippen molar-refractivity contribution in [2.45, 2.75) is 13.5 Å². The molecule has 4 N–H and O–H groups in total. The number of aromatic amines is 1. The fourth-order valence-corrected chi connectivity index (χ4v) is 1.63. The van der Waals surface area contributed by atoms with E-state index in [9.17, 15) is 10.1 Å². The Morgan fingerprint density at radius 1 is 1.56 bits per heavy atom. The van der Waals surface area contributed by atoms with E-state index in [0.29, 0.717) is 17.9 Å². The Balaban J connectivity index is 2.09. The fourth-order valence-electron chi connectivity index (χ4n) is 1.63. The standard InChI is InChI=1S/C11H13N5O2/c1-7-4-9(2-3-10(7)16(17)18)13-5-8-6-14-15-11(8)12/h2-4,6,13H,5H2,1H3,(H3,12,14,15). The van der Waals surface area contributed by atoms with Gasteiger partial charge in [-0.15, -0.1) is 0 Å². The maximum absolute atomic E-state index is 10.7. The summed E-state index contributed by atoms with van der Waals surface area (Å²) in [5.74, 6) is 0.515. The second-order valence-corrected chi connectivity index (χ2v) is 3.92. The maximum Gasteiger partial charge on any atom is 0.272 e. The van der Waals surface area contributed by atoms with Gasteiger partial charge in [0.2, 0.25) is 0 Å². The molecule has 7 nitrogen and oxygen atoms in total. The third kappa shape index (κ3) is 2.40. The molecular formula is C11H13N5O2. The Morgan fingerprint density at radius 2 is 2.33 bits per heavy atom. The second-order valence-electron chi connectivity index (χ2n) is 3.92. The zero-order valence-electron chi connectivity index (χ0n) is 9.80. The van der Waals surface area contributed by atoms with Gasteiger partial charge in [-0.05, 0) is 19.1 Å². The van der Waals surface area contributed by atoms with Crippen molar-refractivity contribution in [1.29, 1.82) is 0 Å². The van der Waals surface area contributed by atoms with Crippen molar-refractivity contribution in [3.05, 3.63) is 45.6 Å². The van der Waals surface area contributed by atoms with Gasteiger partial charge in [0.15, 0.2) is 0 Å². The number of nitrogens with one attached hydrogen (secondary N) is 2. The average Bonchev–Trinajstić information content (AvgIpc) is 2.72. The number of benzene rings is 1. The van der Waals surface area contributed by atoms with Gasteiger partial charge in [0.05, 0.1) is 11.1 Å². The van der Waals surface area contributed by atoms with Crippen LogP contribution in [0.3, 0.4) is 0 Å². The smallest absolute Gasteiger partial charge is 0.272 e. The number of nitro benzene ring substituents is 1. The number of rotatable bonds is 4. The van der Waals surface area contributed by atoms with E-state index in [1.165, 1.54) is 6.07 Å². The van der Waals surface area contributed by atoms with E-state index in [4.69, 9.17) is 5.73 Å². The predicted molar refractivity (Wildman–Crippen MR) is 68.2 cm³/mol. The van der Waals surface area contributed by atoms with Crippen LogP contribution in [0.1, 0.15) is 11.1 Å². The van der Waals surface area contributed by atoms with E-state index < -0.39 is 4.92 Å². The maximum atomic E-state index is 10.7. The van der Waals surface area contributed by atoms with Crippen molar-refractivity contribution in [1.82, 2.24) is 10.2 Å². The molecular weight excluding hydrogens is 234 g/mol. The summed E-state index contributed by atoms with van der Waals surface area (Å²) in [5.41, 5.74) is 8.04. The molecule has 7 heteroatoms. The summed E-state index contributed by atoms with van der Waals surface area (Å²) < 4.78 is 0. The molecule has 94 valence electrons. The number of aromatic nitrogens is 2. The van der Waals surface area contributed by atoms with Crippen LogP contribution in [-0.4, -0.2) is 15.1 Å². The number of hydrogen-bond acceptors (Lipinski definition) is 5. The minimum Gasteiger partial charge on any atom is -0.384 e. The summed E-state index contributed by atoms with van der Waals surface area (Å²) in [6, 6.07) is 4.88. The number of nitro groups is 1. The minimum atomic E-state index is -0.396. The summed E-state index contributed by atoms with van der Waals surface area (Å²) in [6.07, 6.45) is 1.64. The molecule has 0 saturated carbocycles. The monoisotopic (exact) mass is 247 g/mol. The molecule has 1 heterocycles. The Morgan fingerprint density at radius 3 is 2.89 bits per heavy atom. The van der Waals surface area contributed by atoms with Crippen LogP contribution < -0.4 is 11.1 Å². The number of anilines is 2. The molecule has 0 saturated heterocycles. The van der Waals surface area contributed by atoms with E-state index in [2.05, 4.69) is 15.5 Å². The minimum absolute atomic E-state index is 0.114. The van der Waals surface area contributed by atoms with E-state index in [0.717, 1.165) is 11.3 Å². The third-order valence-corrected chi connectivity index (χ3v) is 2.63. The first-order valence-electron chi connectivity index (χ1n) is 5.34. The molecule has 2 aromatic rings. The van der Waals surface area contributed by atoms with Crippen LogP contribution >= 0.6 is 0 Å². The lowest BCUT2D eigenvalue weighted by Gasteiger charge is -2.06. The van der Waals surface area contributed by atoms with Crippen molar-refractivity contribution in [2.75, 3.05) is 11.1 Å². The molecule has 0 aliphatic rings. The Hall–Kier alpha value is -2.57. The molecule has 0 fully saturated rings. The lowest BCUT2D eigenvalue weighted by Crippen LogP contribution is -2.02. The quantitative estimate of drug-likeness (QED) is 0.563. The van der Waals surface area contributed by atoms with Crippen LogP contribution in [-0.2, 0) is 6.54 Å². The summed E-state index contributed by atoms with van der Waals surface area (Å²) >= 11 is 0. The molecule has 0 unspecified atom stereocenters. The summed E-state index contributed by atoms with van der Waals surface area (Å²) in [4.78, 5) is 10.3. The molecule has 1 aromatic heterocycles. The van der Waals surface area contributed by atoms with E-state index in [1.54, 1.807) is 25.3 Å². The van der Waals surface area contributed by atoms with Crippen LogP contribution in [0.5, 0.6) is 0 Å². The molecule has 0 aliphatic carbocycles. The molecule has 0 amide bonds. The van der Waals surface area contributed by atoms with Gasteiger partial charge >= 0.3 is 0 Å². The Bertz CT molecular complexity index is 579. The highest BCUT2D eigenvalue weighted by Crippen LogP contribution is 2.22. The number of nitrogens with two attached hydrogens (primary N) is 1. The Labute approximate surface area is 103 Å². The highest BCUT2D eigenvalue weighted by molar-refractivity contribution is 5.54. The Kier molecular flexibility index (Phi) is 3.13. The first-order valence-corrected chi connectivity index (χ1v) is 5.34. The summed E-state index contributed by atoms with van der Waals surface area (Å²) in [6.45, 7) is 2.22. The molecule has 18 heavy (non-hydrogen) atoms. The SMILES string of the molecule is Cc1cc(NCc2cn[nH]c2N)ccc1[N+](=O)[O-]. The highest BCUT2D eigenvalue weighted by Gasteiger charge is 2.10. The van der Waals surface area contributed by atoms with Crippen molar-refractivity contribution in [3.8, 4) is 0 Å². The third-order valence-electron chi connectivity index (χ3n) is 2.63. The number of H-pyrrole nitrogens is 1. The largest absolute Gasteiger partial charge is 0.384 e. The van der Waals surface area contributed by atoms with Crippen molar-refractivity contribution in [2.24, 2.45) is 0 Å². The fraction of sp³-hybridized carbons (Fsp3) is 0.182. The van der Waals surface area contributed by atoms with Crippen LogP contribution in [0, 0.1) is 17.0 Å². The van der Waals surface area contributed by atoms with Crippen molar-refractivity contribution in [3.63, 3.8) is 0 Å². The molecule has 0 aliphatic heterocycles. The molecule has 2 rings (SSSR count). The van der Waals surface area contributed by atoms with Gasteiger partial charge < -0.3 is 11.1 Å². The van der Waals surface area contributed by atoms with Crippen LogP contribution in [0.2, 0.25) is 0 Å². The molecule has 0 spiro atoms. The zero-order chi connectivity index (χ0) is 13.1. The van der Waals surface area contributed by atoms with Crippen LogP contribution in [0.4, 0.5) is 17.2 Å². The summed E-state index contributed by atoms with van der Waals surface area (Å²) in [5, 5.41) is 20.3. The van der Waals surface area contributed by atoms with E-state index in [-0.39, 0.29) is 5.69 Å². The number of aryl methyl sites for hydroxylation is 1. The summed E-state index contributed by atoms with van der Waals surface area (Å²) in [7, 11) is 0. The topological polar surface area (TPSA) is 110 Å². The molecule has 1 aromatic carbocycles. The van der Waals surface area contributed by atoms with Gasteiger partial charge in [0.1, 0.15) is 5.82 Å². The highest BCUT2D eigenvalue weighted by atomic mass is 16.6. The van der Waals surface area contributed by atoms with E-state index >= 15 is 0 Å². The molecule has 0 atom stereocenters. The first kappa shape index (κ1) is 11.9. The van der Waals surface area contributed by atoms with Gasteiger partial charge in [0, 0.05) is 29.4 Å².